The number of rotatable bonds is 8. The van der Waals surface area contributed by atoms with Crippen LogP contribution in [-0.2, 0) is 28.2 Å². The first-order valence-corrected chi connectivity index (χ1v) is 14.6. The van der Waals surface area contributed by atoms with Crippen molar-refractivity contribution in [2.24, 2.45) is 11.3 Å². The minimum Gasteiger partial charge on any atom is -0.459 e. The zero-order chi connectivity index (χ0) is 24.8. The standard InChI is InChI=1S/C24H46O7Si/c1-16(25)29-20-23(8)13-18(31-32(10,11)22(5,6)7)17(12-19(23)30-21(2,3)4)24(20,26)14-28-15-27-9/h17-20,26H,12-15H2,1-11H3/t17-,18+,19+,20-,23-,24+/m1/s1. The Bertz CT molecular complexity index is 668. The van der Waals surface area contributed by atoms with Gasteiger partial charge in [0.25, 0.3) is 0 Å². The highest BCUT2D eigenvalue weighted by Gasteiger charge is 2.69. The van der Waals surface area contributed by atoms with E-state index >= 15 is 0 Å². The van der Waals surface area contributed by atoms with Gasteiger partial charge in [-0.1, -0.05) is 27.7 Å². The maximum absolute atomic E-state index is 12.1. The van der Waals surface area contributed by atoms with Crippen molar-refractivity contribution in [3.8, 4) is 0 Å². The fourth-order valence-electron chi connectivity index (χ4n) is 5.09. The molecule has 0 radical (unpaired) electrons. The Labute approximate surface area is 195 Å². The van der Waals surface area contributed by atoms with Gasteiger partial charge in [-0.05, 0) is 51.7 Å². The molecule has 0 aromatic carbocycles. The highest BCUT2D eigenvalue weighted by molar-refractivity contribution is 6.74. The van der Waals surface area contributed by atoms with Crippen LogP contribution in [0.25, 0.3) is 0 Å². The van der Waals surface area contributed by atoms with Crippen molar-refractivity contribution >= 4 is 14.3 Å². The molecule has 3 aliphatic carbocycles. The highest BCUT2D eigenvalue weighted by atomic mass is 28.4. The molecule has 0 aliphatic heterocycles. The average Bonchev–Trinajstić information content (AvgIpc) is 2.58. The van der Waals surface area contributed by atoms with Gasteiger partial charge in [0.1, 0.15) is 18.5 Å². The molecule has 3 rings (SSSR count). The van der Waals surface area contributed by atoms with Crippen LogP contribution in [0.1, 0.15) is 68.2 Å². The zero-order valence-corrected chi connectivity index (χ0v) is 23.0. The molecule has 0 saturated heterocycles. The van der Waals surface area contributed by atoms with E-state index in [2.05, 4.69) is 40.8 Å². The molecule has 3 fully saturated rings. The van der Waals surface area contributed by atoms with Crippen molar-refractivity contribution in [1.82, 2.24) is 0 Å². The Morgan fingerprint density at radius 2 is 1.75 bits per heavy atom. The van der Waals surface area contributed by atoms with Gasteiger partial charge in [0.05, 0.1) is 24.4 Å². The van der Waals surface area contributed by atoms with Crippen LogP contribution in [0, 0.1) is 11.3 Å². The van der Waals surface area contributed by atoms with Crippen molar-refractivity contribution in [3.05, 3.63) is 0 Å². The molecule has 6 atom stereocenters. The second kappa shape index (κ2) is 9.27. The number of hydrogen-bond acceptors (Lipinski definition) is 7. The van der Waals surface area contributed by atoms with E-state index in [9.17, 15) is 9.90 Å². The Balaban J connectivity index is 2.51. The van der Waals surface area contributed by atoms with Gasteiger partial charge in [0, 0.05) is 25.4 Å². The second-order valence-electron chi connectivity index (χ2n) is 12.4. The van der Waals surface area contributed by atoms with Gasteiger partial charge < -0.3 is 28.5 Å². The Morgan fingerprint density at radius 1 is 1.16 bits per heavy atom. The van der Waals surface area contributed by atoms with E-state index in [1.165, 1.54) is 6.92 Å². The number of esters is 1. The first-order valence-electron chi connectivity index (χ1n) is 11.7. The second-order valence-corrected chi connectivity index (χ2v) is 17.2. The summed E-state index contributed by atoms with van der Waals surface area (Å²) in [6.07, 6.45) is 0.129. The minimum atomic E-state index is -2.11. The van der Waals surface area contributed by atoms with Crippen LogP contribution >= 0.6 is 0 Å². The first-order chi connectivity index (χ1) is 14.4. The number of hydrogen-bond donors (Lipinski definition) is 1. The number of carbonyl (C=O) groups excluding carboxylic acids is 1. The summed E-state index contributed by atoms with van der Waals surface area (Å²) in [5.41, 5.74) is -2.40. The minimum absolute atomic E-state index is 0.00135. The van der Waals surface area contributed by atoms with Crippen LogP contribution in [0.4, 0.5) is 0 Å². The molecule has 2 bridgehead atoms. The van der Waals surface area contributed by atoms with E-state index in [4.69, 9.17) is 23.4 Å². The van der Waals surface area contributed by atoms with Crippen molar-refractivity contribution in [3.63, 3.8) is 0 Å². The predicted octanol–water partition coefficient (Wildman–Crippen LogP) is 4.27. The molecule has 0 unspecified atom stereocenters. The zero-order valence-electron chi connectivity index (χ0n) is 22.0. The quantitative estimate of drug-likeness (QED) is 0.243. The van der Waals surface area contributed by atoms with Gasteiger partial charge in [0.15, 0.2) is 8.32 Å². The maximum atomic E-state index is 12.1. The third-order valence-corrected chi connectivity index (χ3v) is 12.1. The van der Waals surface area contributed by atoms with Gasteiger partial charge in [-0.2, -0.15) is 0 Å². The summed E-state index contributed by atoms with van der Waals surface area (Å²) in [5, 5.41) is 12.1. The normalized spacial score (nSPS) is 35.8. The average molecular weight is 475 g/mol. The Morgan fingerprint density at radius 3 is 2.22 bits per heavy atom. The molecule has 3 aliphatic rings. The molecule has 7 nitrogen and oxygen atoms in total. The summed E-state index contributed by atoms with van der Waals surface area (Å²) in [6, 6.07) is 0. The van der Waals surface area contributed by atoms with Crippen molar-refractivity contribution < 1.29 is 33.3 Å². The lowest BCUT2D eigenvalue weighted by molar-refractivity contribution is -0.314. The molecule has 0 aromatic heterocycles. The number of methoxy groups -OCH3 is 1. The van der Waals surface area contributed by atoms with E-state index in [-0.39, 0.29) is 42.2 Å². The van der Waals surface area contributed by atoms with E-state index in [1.54, 1.807) is 7.11 Å². The Hall–Kier alpha value is -0.513. The molecule has 8 heteroatoms. The maximum Gasteiger partial charge on any atom is 0.303 e. The largest absolute Gasteiger partial charge is 0.459 e. The molecule has 1 N–H and O–H groups in total. The molecule has 0 spiro atoms. The summed E-state index contributed by atoms with van der Waals surface area (Å²) in [4.78, 5) is 12.1. The lowest BCUT2D eigenvalue weighted by atomic mass is 9.50. The summed E-state index contributed by atoms with van der Waals surface area (Å²) in [6.45, 7) is 20.6. The van der Waals surface area contributed by atoms with Crippen LogP contribution in [0.2, 0.25) is 18.1 Å². The molecular weight excluding hydrogens is 428 g/mol. The third-order valence-electron chi connectivity index (χ3n) is 7.55. The molecule has 3 saturated carbocycles. The lowest BCUT2D eigenvalue weighted by Crippen LogP contribution is -2.75. The van der Waals surface area contributed by atoms with Gasteiger partial charge >= 0.3 is 5.97 Å². The van der Waals surface area contributed by atoms with Gasteiger partial charge in [0.2, 0.25) is 0 Å². The van der Waals surface area contributed by atoms with E-state index in [1.807, 2.05) is 20.8 Å². The first kappa shape index (κ1) is 27.7. The number of fused-ring (bicyclic) bond motifs is 3. The van der Waals surface area contributed by atoms with Gasteiger partial charge in [-0.15, -0.1) is 0 Å². The third kappa shape index (κ3) is 5.58. The predicted molar refractivity (Wildman–Crippen MR) is 126 cm³/mol. The number of aliphatic hydroxyl groups is 1. The van der Waals surface area contributed by atoms with Crippen LogP contribution in [0.3, 0.4) is 0 Å². The number of ether oxygens (including phenoxy) is 4. The molecular formula is C24H46O7Si. The van der Waals surface area contributed by atoms with Crippen molar-refractivity contribution in [2.45, 2.75) is 116 Å². The molecule has 32 heavy (non-hydrogen) atoms. The molecule has 0 aromatic rings. The van der Waals surface area contributed by atoms with Crippen LogP contribution in [0.15, 0.2) is 0 Å². The SMILES string of the molecule is COCOC[C@]1(O)[C@@H]2C[C@H](OC(C)(C)C)[C@@](C)(C[C@@H]2O[Si](C)(C)C(C)(C)C)[C@H]1OC(C)=O. The molecule has 0 amide bonds. The van der Waals surface area contributed by atoms with Gasteiger partial charge in [-0.3, -0.25) is 4.79 Å². The topological polar surface area (TPSA) is 83.5 Å². The van der Waals surface area contributed by atoms with Crippen molar-refractivity contribution in [1.29, 1.82) is 0 Å². The van der Waals surface area contributed by atoms with Crippen molar-refractivity contribution in [2.75, 3.05) is 20.5 Å². The van der Waals surface area contributed by atoms with E-state index in [0.29, 0.717) is 12.8 Å². The monoisotopic (exact) mass is 474 g/mol. The fourth-order valence-corrected chi connectivity index (χ4v) is 6.45. The molecule has 0 heterocycles. The van der Waals surface area contributed by atoms with Crippen LogP contribution < -0.4 is 0 Å². The van der Waals surface area contributed by atoms with Gasteiger partial charge in [-0.25, -0.2) is 0 Å². The summed E-state index contributed by atoms with van der Waals surface area (Å²) < 4.78 is 29.9. The fraction of sp³-hybridized carbons (Fsp3) is 0.958. The van der Waals surface area contributed by atoms with E-state index < -0.39 is 31.4 Å². The van der Waals surface area contributed by atoms with E-state index in [0.717, 1.165) is 0 Å². The summed E-state index contributed by atoms with van der Waals surface area (Å²) >= 11 is 0. The summed E-state index contributed by atoms with van der Waals surface area (Å²) in [5.74, 6) is -0.725. The smallest absolute Gasteiger partial charge is 0.303 e. The molecule has 188 valence electrons. The highest BCUT2D eigenvalue weighted by Crippen LogP contribution is 2.59. The lowest BCUT2D eigenvalue weighted by Gasteiger charge is -2.64. The van der Waals surface area contributed by atoms with Crippen LogP contribution in [-0.4, -0.2) is 69.4 Å². The van der Waals surface area contributed by atoms with Crippen LogP contribution in [0.5, 0.6) is 0 Å². The Kier molecular flexibility index (Phi) is 8.03. The number of carbonyl (C=O) groups is 1. The summed E-state index contributed by atoms with van der Waals surface area (Å²) in [7, 11) is -0.571.